The lowest BCUT2D eigenvalue weighted by atomic mass is 9.97. The van der Waals surface area contributed by atoms with Crippen LogP contribution >= 0.6 is 34.8 Å². The quantitative estimate of drug-likeness (QED) is 0.640. The topological polar surface area (TPSA) is 108 Å². The van der Waals surface area contributed by atoms with Crippen LogP contribution in [0.2, 0.25) is 0 Å². The van der Waals surface area contributed by atoms with Gasteiger partial charge in [0.15, 0.2) is 10.8 Å². The summed E-state index contributed by atoms with van der Waals surface area (Å²) in [4.78, 5) is 20.9. The fourth-order valence-electron chi connectivity index (χ4n) is 1.96. The van der Waals surface area contributed by atoms with Gasteiger partial charge in [0.1, 0.15) is 15.8 Å². The number of nitrogens with one attached hydrogen (secondary N) is 1. The maximum absolute atomic E-state index is 11.2. The van der Waals surface area contributed by atoms with Crippen molar-refractivity contribution in [3.63, 3.8) is 0 Å². The Morgan fingerprint density at radius 2 is 1.86 bits per heavy atom. The number of nitro groups is 2. The molecule has 0 bridgehead atoms. The number of halogens is 3. The van der Waals surface area contributed by atoms with Gasteiger partial charge in [-0.1, -0.05) is 34.8 Å². The van der Waals surface area contributed by atoms with Crippen LogP contribution in [0.5, 0.6) is 5.75 Å². The van der Waals surface area contributed by atoms with Gasteiger partial charge in [0.2, 0.25) is 0 Å². The molecule has 1 N–H and O–H groups in total. The number of nitrogens with zero attached hydrogens (tertiary/aromatic N) is 2. The van der Waals surface area contributed by atoms with E-state index in [1.165, 1.54) is 19.2 Å². The van der Waals surface area contributed by atoms with E-state index in [1.54, 1.807) is 0 Å². The highest BCUT2D eigenvalue weighted by Gasteiger charge is 2.40. The molecule has 0 saturated carbocycles. The van der Waals surface area contributed by atoms with Crippen LogP contribution in [0.15, 0.2) is 27.4 Å². The number of rotatable bonds is 4. The number of fused-ring (bicyclic) bond motifs is 1. The van der Waals surface area contributed by atoms with E-state index in [0.717, 1.165) is 0 Å². The molecule has 0 fully saturated rings. The summed E-state index contributed by atoms with van der Waals surface area (Å²) in [7, 11) is 1.25. The highest BCUT2D eigenvalue weighted by atomic mass is 35.5. The average molecular weight is 367 g/mol. The van der Waals surface area contributed by atoms with Crippen LogP contribution in [0, 0.1) is 20.2 Å². The van der Waals surface area contributed by atoms with E-state index in [9.17, 15) is 20.2 Å². The molecule has 1 heterocycles. The molecule has 0 radical (unpaired) electrons. The maximum Gasteiger partial charge on any atom is 0.322 e. The molecule has 0 unspecified atom stereocenters. The van der Waals surface area contributed by atoms with Gasteiger partial charge in [-0.15, -0.1) is 0 Å². The number of hydrogen-bond donors (Lipinski definition) is 1. The Labute approximate surface area is 138 Å². The lowest BCUT2D eigenvalue weighted by Gasteiger charge is -2.25. The summed E-state index contributed by atoms with van der Waals surface area (Å²) >= 11 is 16.7. The Balaban J connectivity index is 2.79. The molecule has 116 valence electrons. The fraction of sp³-hybridized carbons (Fsp3) is 0.0909. The summed E-state index contributed by atoms with van der Waals surface area (Å²) < 4.78 is 4.39. The van der Waals surface area contributed by atoms with Crippen molar-refractivity contribution in [2.45, 2.75) is 0 Å². The first kappa shape index (κ1) is 16.3. The molecule has 1 aromatic rings. The SMILES string of the molecule is COc1ccc2c(c1[N+](=O)[O-])C(=C(C(Cl)=C(Cl)Cl)[N+](=O)[O-])N2. The molecule has 11 heteroatoms. The van der Waals surface area contributed by atoms with Gasteiger partial charge < -0.3 is 10.1 Å². The lowest BCUT2D eigenvalue weighted by Crippen LogP contribution is -2.20. The van der Waals surface area contributed by atoms with E-state index in [-0.39, 0.29) is 17.0 Å². The van der Waals surface area contributed by atoms with E-state index in [1.807, 2.05) is 0 Å². The average Bonchev–Trinajstić information content (AvgIpc) is 2.42. The van der Waals surface area contributed by atoms with Gasteiger partial charge >= 0.3 is 11.4 Å². The third-order valence-corrected chi connectivity index (χ3v) is 3.79. The summed E-state index contributed by atoms with van der Waals surface area (Å²) in [5.41, 5.74) is -0.899. The van der Waals surface area contributed by atoms with Gasteiger partial charge in [0.25, 0.3) is 0 Å². The summed E-state index contributed by atoms with van der Waals surface area (Å²) in [5, 5.41) is 24.5. The Morgan fingerprint density at radius 3 is 2.32 bits per heavy atom. The van der Waals surface area contributed by atoms with Gasteiger partial charge in [0.05, 0.1) is 22.6 Å². The maximum atomic E-state index is 11.2. The van der Waals surface area contributed by atoms with Crippen LogP contribution in [0.4, 0.5) is 11.4 Å². The molecule has 1 aromatic carbocycles. The first-order valence-corrected chi connectivity index (χ1v) is 6.65. The van der Waals surface area contributed by atoms with Crippen LogP contribution in [-0.2, 0) is 0 Å². The molecule has 2 rings (SSSR count). The number of ether oxygens (including phenoxy) is 1. The Bertz CT molecular complexity index is 756. The number of methoxy groups -OCH3 is 1. The molecule has 0 aliphatic carbocycles. The van der Waals surface area contributed by atoms with Gasteiger partial charge in [-0.3, -0.25) is 20.2 Å². The van der Waals surface area contributed by atoms with Gasteiger partial charge in [0, 0.05) is 0 Å². The molecule has 22 heavy (non-hydrogen) atoms. The van der Waals surface area contributed by atoms with E-state index in [0.29, 0.717) is 5.69 Å². The lowest BCUT2D eigenvalue weighted by molar-refractivity contribution is -0.419. The number of allylic oxidation sites excluding steroid dienone is 1. The fourth-order valence-corrected chi connectivity index (χ4v) is 2.30. The highest BCUT2D eigenvalue weighted by Crippen LogP contribution is 2.49. The van der Waals surface area contributed by atoms with Crippen molar-refractivity contribution in [3.05, 3.63) is 53.1 Å². The van der Waals surface area contributed by atoms with Crippen LogP contribution in [-0.4, -0.2) is 17.0 Å². The predicted molar refractivity (Wildman–Crippen MR) is 81.8 cm³/mol. The van der Waals surface area contributed by atoms with Crippen molar-refractivity contribution in [1.29, 1.82) is 0 Å². The molecule has 8 nitrogen and oxygen atoms in total. The third kappa shape index (κ3) is 2.56. The summed E-state index contributed by atoms with van der Waals surface area (Å²) in [6, 6.07) is 2.86. The van der Waals surface area contributed by atoms with E-state index in [4.69, 9.17) is 39.5 Å². The second kappa shape index (κ2) is 5.99. The first-order valence-electron chi connectivity index (χ1n) is 5.52. The highest BCUT2D eigenvalue weighted by molar-refractivity contribution is 6.60. The minimum absolute atomic E-state index is 0.00350. The van der Waals surface area contributed by atoms with Gasteiger partial charge in [-0.05, 0) is 12.1 Å². The predicted octanol–water partition coefficient (Wildman–Crippen LogP) is 3.86. The second-order valence-electron chi connectivity index (χ2n) is 3.98. The van der Waals surface area contributed by atoms with E-state index in [2.05, 4.69) is 5.32 Å². The van der Waals surface area contributed by atoms with Gasteiger partial charge in [-0.2, -0.15) is 0 Å². The molecule has 0 amide bonds. The molecule has 1 aliphatic rings. The Kier molecular flexibility index (Phi) is 4.45. The number of nitro benzene ring substituents is 1. The Morgan fingerprint density at radius 1 is 1.23 bits per heavy atom. The minimum atomic E-state index is -0.832. The summed E-state index contributed by atoms with van der Waals surface area (Å²) in [6.45, 7) is 0. The number of benzene rings is 1. The van der Waals surface area contributed by atoms with Crippen LogP contribution in [0.1, 0.15) is 5.56 Å². The monoisotopic (exact) mass is 365 g/mol. The van der Waals surface area contributed by atoms with Crippen molar-refractivity contribution in [2.24, 2.45) is 0 Å². The first-order chi connectivity index (χ1) is 10.3. The van der Waals surface area contributed by atoms with Crippen LogP contribution in [0.25, 0.3) is 5.70 Å². The molecule has 0 atom stereocenters. The third-order valence-electron chi connectivity index (χ3n) is 2.85. The molecular weight excluding hydrogens is 360 g/mol. The zero-order valence-corrected chi connectivity index (χ0v) is 13.0. The zero-order valence-electron chi connectivity index (χ0n) is 10.7. The molecule has 0 saturated heterocycles. The van der Waals surface area contributed by atoms with Crippen molar-refractivity contribution in [2.75, 3.05) is 12.4 Å². The second-order valence-corrected chi connectivity index (χ2v) is 5.30. The van der Waals surface area contributed by atoms with Crippen molar-refractivity contribution < 1.29 is 14.6 Å². The summed E-state index contributed by atoms with van der Waals surface area (Å²) in [5.74, 6) is -0.0393. The van der Waals surface area contributed by atoms with E-state index < -0.39 is 30.8 Å². The normalized spacial score (nSPS) is 14.2. The molecule has 1 aliphatic heterocycles. The Hall–Kier alpha value is -2.03. The van der Waals surface area contributed by atoms with E-state index >= 15 is 0 Å². The van der Waals surface area contributed by atoms with Crippen LogP contribution < -0.4 is 10.1 Å². The molecule has 0 aromatic heterocycles. The minimum Gasteiger partial charge on any atom is -0.490 e. The number of anilines is 1. The molecular formula is C11H6Cl3N3O5. The van der Waals surface area contributed by atoms with Crippen molar-refractivity contribution in [1.82, 2.24) is 0 Å². The molecule has 0 spiro atoms. The van der Waals surface area contributed by atoms with Crippen LogP contribution in [0.3, 0.4) is 0 Å². The van der Waals surface area contributed by atoms with Gasteiger partial charge in [-0.25, -0.2) is 0 Å². The van der Waals surface area contributed by atoms with Crippen molar-refractivity contribution >= 4 is 51.9 Å². The largest absolute Gasteiger partial charge is 0.490 e. The smallest absolute Gasteiger partial charge is 0.322 e. The standard InChI is InChI=1S/C11H6Cl3N3O5/c1-22-5-3-2-4-6(9(5)16(18)19)8(15-4)10(17(20)21)7(12)11(13)14/h2-3,15H,1H3. The number of hydrogen-bond acceptors (Lipinski definition) is 6. The van der Waals surface area contributed by atoms with Crippen molar-refractivity contribution in [3.8, 4) is 5.75 Å². The summed E-state index contributed by atoms with van der Waals surface area (Å²) in [6.07, 6.45) is 0. The zero-order chi connectivity index (χ0) is 16.6.